The van der Waals surface area contributed by atoms with Crippen LogP contribution in [0.4, 0.5) is 0 Å². The number of nitrogens with one attached hydrogen (secondary N) is 1. The fourth-order valence-corrected chi connectivity index (χ4v) is 4.39. The Labute approximate surface area is 128 Å². The van der Waals surface area contributed by atoms with Crippen LogP contribution >= 0.6 is 0 Å². The van der Waals surface area contributed by atoms with E-state index in [1.807, 2.05) is 13.8 Å². The van der Waals surface area contributed by atoms with E-state index in [0.29, 0.717) is 32.7 Å². The Hall–Kier alpha value is -0.700. The maximum atomic E-state index is 12.9. The van der Waals surface area contributed by atoms with E-state index in [1.165, 1.54) is 13.5 Å². The third-order valence-electron chi connectivity index (χ3n) is 3.49. The molecule has 1 aliphatic rings. The van der Waals surface area contributed by atoms with Gasteiger partial charge in [-0.05, 0) is 12.8 Å². The van der Waals surface area contributed by atoms with Crippen LogP contribution in [-0.2, 0) is 15.0 Å². The van der Waals surface area contributed by atoms with Crippen LogP contribution in [0.15, 0.2) is 0 Å². The van der Waals surface area contributed by atoms with Crippen LogP contribution in [0.3, 0.4) is 0 Å². The number of piperazine rings is 1. The zero-order valence-electron chi connectivity index (χ0n) is 13.5. The van der Waals surface area contributed by atoms with Crippen molar-refractivity contribution in [2.45, 2.75) is 32.7 Å². The molecule has 1 saturated heterocycles. The van der Waals surface area contributed by atoms with Gasteiger partial charge in [0.15, 0.2) is 0 Å². The van der Waals surface area contributed by atoms with Gasteiger partial charge in [-0.2, -0.15) is 17.0 Å². The molecule has 1 amide bonds. The van der Waals surface area contributed by atoms with Crippen molar-refractivity contribution < 1.29 is 13.2 Å². The average Bonchev–Trinajstić information content (AvgIpc) is 2.46. The maximum Gasteiger partial charge on any atom is 0.282 e. The summed E-state index contributed by atoms with van der Waals surface area (Å²) in [6, 6.07) is -0.657. The Morgan fingerprint density at radius 1 is 1.24 bits per heavy atom. The van der Waals surface area contributed by atoms with Crippen LogP contribution in [0, 0.1) is 0 Å². The second kappa shape index (κ2) is 8.07. The highest BCUT2D eigenvalue weighted by molar-refractivity contribution is 7.86. The van der Waals surface area contributed by atoms with Gasteiger partial charge in [-0.1, -0.05) is 13.8 Å². The van der Waals surface area contributed by atoms with E-state index in [2.05, 4.69) is 5.32 Å². The second-order valence-electron chi connectivity index (χ2n) is 5.47. The number of carbonyl (C=O) groups is 1. The van der Waals surface area contributed by atoms with Crippen molar-refractivity contribution in [1.29, 1.82) is 0 Å². The van der Waals surface area contributed by atoms with Crippen LogP contribution in [0.5, 0.6) is 0 Å². The molecule has 1 atom stereocenters. The van der Waals surface area contributed by atoms with Crippen LogP contribution in [0.2, 0.25) is 0 Å². The summed E-state index contributed by atoms with van der Waals surface area (Å²) in [6.07, 6.45) is 1.52. The summed E-state index contributed by atoms with van der Waals surface area (Å²) in [5.41, 5.74) is 0. The number of likely N-dealkylation sites (N-methyl/N-ethyl adjacent to an activating group) is 1. The molecule has 0 aromatic rings. The Bertz CT molecular complexity index is 433. The highest BCUT2D eigenvalue weighted by Gasteiger charge is 2.40. The minimum absolute atomic E-state index is 0.182. The van der Waals surface area contributed by atoms with Gasteiger partial charge in [-0.25, -0.2) is 0 Å². The van der Waals surface area contributed by atoms with Gasteiger partial charge < -0.3 is 10.2 Å². The molecule has 21 heavy (non-hydrogen) atoms. The number of nitrogens with zero attached hydrogens (tertiary/aromatic N) is 3. The Balaban J connectivity index is 3.03. The molecule has 1 unspecified atom stereocenters. The highest BCUT2D eigenvalue weighted by atomic mass is 32.2. The molecule has 0 aromatic heterocycles. The molecule has 1 aliphatic heterocycles. The summed E-state index contributed by atoms with van der Waals surface area (Å²) >= 11 is 0. The molecule has 1 rings (SSSR count). The first-order valence-electron chi connectivity index (χ1n) is 7.55. The molecule has 0 spiro atoms. The number of hydrogen-bond acceptors (Lipinski definition) is 4. The predicted octanol–water partition coefficient (Wildman–Crippen LogP) is -0.285. The molecular weight excluding hydrogens is 292 g/mol. The van der Waals surface area contributed by atoms with Crippen LogP contribution in [-0.4, -0.2) is 80.7 Å². The van der Waals surface area contributed by atoms with Crippen molar-refractivity contribution in [2.24, 2.45) is 0 Å². The SMILES string of the molecule is CCCN(CCC)S(=O)(=O)N1CCNCC1C(=O)N(C)C. The van der Waals surface area contributed by atoms with Crippen LogP contribution in [0.1, 0.15) is 26.7 Å². The van der Waals surface area contributed by atoms with E-state index in [9.17, 15) is 13.2 Å². The van der Waals surface area contributed by atoms with Crippen molar-refractivity contribution in [3.05, 3.63) is 0 Å². The van der Waals surface area contributed by atoms with E-state index in [0.717, 1.165) is 12.8 Å². The minimum atomic E-state index is -3.60. The molecule has 0 aromatic carbocycles. The van der Waals surface area contributed by atoms with Gasteiger partial charge in [0, 0.05) is 46.8 Å². The monoisotopic (exact) mass is 320 g/mol. The Kier molecular flexibility index (Phi) is 7.05. The standard InChI is InChI=1S/C13H28N4O3S/c1-5-8-16(9-6-2)21(19,20)17-10-7-14-11-12(17)13(18)15(3)4/h12,14H,5-11H2,1-4H3. The minimum Gasteiger partial charge on any atom is -0.347 e. The lowest BCUT2D eigenvalue weighted by Crippen LogP contribution is -2.61. The topological polar surface area (TPSA) is 73.0 Å². The van der Waals surface area contributed by atoms with E-state index in [-0.39, 0.29) is 5.91 Å². The number of amides is 1. The van der Waals surface area contributed by atoms with Crippen LogP contribution in [0.25, 0.3) is 0 Å². The van der Waals surface area contributed by atoms with Gasteiger partial charge in [0.25, 0.3) is 10.2 Å². The molecule has 7 nitrogen and oxygen atoms in total. The molecule has 0 bridgehead atoms. The summed E-state index contributed by atoms with van der Waals surface area (Å²) in [4.78, 5) is 13.7. The molecule has 1 fully saturated rings. The fraction of sp³-hybridized carbons (Fsp3) is 0.923. The van der Waals surface area contributed by atoms with Gasteiger partial charge in [0.05, 0.1) is 0 Å². The Morgan fingerprint density at radius 2 is 1.81 bits per heavy atom. The van der Waals surface area contributed by atoms with Crippen molar-refractivity contribution in [3.63, 3.8) is 0 Å². The predicted molar refractivity (Wildman–Crippen MR) is 83.1 cm³/mol. The largest absolute Gasteiger partial charge is 0.347 e. The van der Waals surface area contributed by atoms with Gasteiger partial charge in [-0.15, -0.1) is 0 Å². The molecule has 0 radical (unpaired) electrons. The second-order valence-corrected chi connectivity index (χ2v) is 7.35. The van der Waals surface area contributed by atoms with E-state index >= 15 is 0 Å². The first-order valence-corrected chi connectivity index (χ1v) is 8.94. The van der Waals surface area contributed by atoms with Crippen molar-refractivity contribution in [1.82, 2.24) is 18.8 Å². The van der Waals surface area contributed by atoms with Crippen LogP contribution < -0.4 is 5.32 Å². The smallest absolute Gasteiger partial charge is 0.282 e. The third kappa shape index (κ3) is 4.38. The van der Waals surface area contributed by atoms with Crippen molar-refractivity contribution in [2.75, 3.05) is 46.8 Å². The number of rotatable bonds is 7. The van der Waals surface area contributed by atoms with E-state index in [4.69, 9.17) is 0 Å². The lowest BCUT2D eigenvalue weighted by atomic mass is 10.2. The molecule has 124 valence electrons. The van der Waals surface area contributed by atoms with E-state index < -0.39 is 16.3 Å². The summed E-state index contributed by atoms with van der Waals surface area (Å²) < 4.78 is 28.6. The number of hydrogen-bond donors (Lipinski definition) is 1. The lowest BCUT2D eigenvalue weighted by molar-refractivity contribution is -0.133. The van der Waals surface area contributed by atoms with Crippen molar-refractivity contribution in [3.8, 4) is 0 Å². The number of carbonyl (C=O) groups excluding carboxylic acids is 1. The summed E-state index contributed by atoms with van der Waals surface area (Å²) in [5, 5.41) is 3.10. The summed E-state index contributed by atoms with van der Waals surface area (Å²) in [6.45, 7) is 6.16. The summed E-state index contributed by atoms with van der Waals surface area (Å²) in [5.74, 6) is -0.182. The first-order chi connectivity index (χ1) is 9.86. The average molecular weight is 320 g/mol. The quantitative estimate of drug-likeness (QED) is 0.700. The zero-order chi connectivity index (χ0) is 16.0. The lowest BCUT2D eigenvalue weighted by Gasteiger charge is -2.38. The fourth-order valence-electron chi connectivity index (χ4n) is 2.46. The Morgan fingerprint density at radius 3 is 2.29 bits per heavy atom. The first kappa shape index (κ1) is 18.3. The highest BCUT2D eigenvalue weighted by Crippen LogP contribution is 2.16. The van der Waals surface area contributed by atoms with Gasteiger partial charge in [0.2, 0.25) is 5.91 Å². The summed E-state index contributed by atoms with van der Waals surface area (Å²) in [7, 11) is -0.296. The van der Waals surface area contributed by atoms with Crippen molar-refractivity contribution >= 4 is 16.1 Å². The molecule has 1 N–H and O–H groups in total. The van der Waals surface area contributed by atoms with Gasteiger partial charge in [0.1, 0.15) is 6.04 Å². The van der Waals surface area contributed by atoms with Gasteiger partial charge >= 0.3 is 0 Å². The molecule has 1 heterocycles. The molecular formula is C13H28N4O3S. The molecule has 0 saturated carbocycles. The third-order valence-corrected chi connectivity index (χ3v) is 5.54. The maximum absolute atomic E-state index is 12.9. The molecule has 0 aliphatic carbocycles. The molecule has 8 heteroatoms. The normalized spacial score (nSPS) is 20.7. The van der Waals surface area contributed by atoms with Gasteiger partial charge in [-0.3, -0.25) is 4.79 Å². The zero-order valence-corrected chi connectivity index (χ0v) is 14.3. The van der Waals surface area contributed by atoms with E-state index in [1.54, 1.807) is 14.1 Å².